The van der Waals surface area contributed by atoms with Gasteiger partial charge in [-0.2, -0.15) is 0 Å². The molecule has 0 atom stereocenters. The Balaban J connectivity index is 2.73. The Labute approximate surface area is 84.1 Å². The van der Waals surface area contributed by atoms with Crippen molar-refractivity contribution in [2.24, 2.45) is 5.16 Å². The SMILES string of the molecule is C=CCON=C(C)c1cccc(C)n1. The lowest BCUT2D eigenvalue weighted by molar-refractivity contribution is 0.175. The molecule has 1 heterocycles. The zero-order valence-corrected chi connectivity index (χ0v) is 8.53. The maximum atomic E-state index is 4.97. The van der Waals surface area contributed by atoms with Gasteiger partial charge in [0.2, 0.25) is 0 Å². The normalized spacial score (nSPS) is 11.1. The summed E-state index contributed by atoms with van der Waals surface area (Å²) in [5.41, 5.74) is 2.59. The van der Waals surface area contributed by atoms with Crippen LogP contribution in [0, 0.1) is 6.92 Å². The highest BCUT2D eigenvalue weighted by Crippen LogP contribution is 2.00. The number of oxime groups is 1. The molecule has 0 spiro atoms. The van der Waals surface area contributed by atoms with Crippen LogP contribution in [0.2, 0.25) is 0 Å². The molecule has 0 N–H and O–H groups in total. The minimum atomic E-state index is 0.420. The Morgan fingerprint density at radius 2 is 2.43 bits per heavy atom. The van der Waals surface area contributed by atoms with Crippen molar-refractivity contribution in [3.05, 3.63) is 42.2 Å². The van der Waals surface area contributed by atoms with Crippen molar-refractivity contribution >= 4 is 5.71 Å². The Hall–Kier alpha value is -1.64. The molecule has 14 heavy (non-hydrogen) atoms. The largest absolute Gasteiger partial charge is 0.391 e. The maximum Gasteiger partial charge on any atom is 0.135 e. The van der Waals surface area contributed by atoms with Gasteiger partial charge in [0.05, 0.1) is 5.69 Å². The van der Waals surface area contributed by atoms with Gasteiger partial charge in [-0.05, 0) is 26.0 Å². The third-order valence-electron chi connectivity index (χ3n) is 1.65. The molecule has 0 unspecified atom stereocenters. The second-order valence-electron chi connectivity index (χ2n) is 2.93. The predicted molar refractivity (Wildman–Crippen MR) is 57.3 cm³/mol. The second-order valence-corrected chi connectivity index (χ2v) is 2.93. The Bertz CT molecular complexity index is 345. The van der Waals surface area contributed by atoms with E-state index in [9.17, 15) is 0 Å². The average Bonchev–Trinajstić information content (AvgIpc) is 2.18. The minimum Gasteiger partial charge on any atom is -0.391 e. The first kappa shape index (κ1) is 10.4. The number of aryl methyl sites for hydroxylation is 1. The Morgan fingerprint density at radius 3 is 3.07 bits per heavy atom. The summed E-state index contributed by atoms with van der Waals surface area (Å²) in [6, 6.07) is 5.80. The molecule has 74 valence electrons. The van der Waals surface area contributed by atoms with Crippen molar-refractivity contribution in [3.63, 3.8) is 0 Å². The molecule has 1 aromatic heterocycles. The van der Waals surface area contributed by atoms with Gasteiger partial charge in [-0.1, -0.05) is 23.9 Å². The standard InChI is InChI=1S/C11H14N2O/c1-4-8-14-13-10(3)11-7-5-6-9(2)12-11/h4-7H,1,8H2,2-3H3. The van der Waals surface area contributed by atoms with E-state index in [-0.39, 0.29) is 0 Å². The molecule has 0 aromatic carbocycles. The first-order chi connectivity index (χ1) is 6.74. The summed E-state index contributed by atoms with van der Waals surface area (Å²) in [5.74, 6) is 0. The molecule has 0 saturated heterocycles. The number of hydrogen-bond donors (Lipinski definition) is 0. The number of nitrogens with zero attached hydrogens (tertiary/aromatic N) is 2. The summed E-state index contributed by atoms with van der Waals surface area (Å²) >= 11 is 0. The number of hydrogen-bond acceptors (Lipinski definition) is 3. The van der Waals surface area contributed by atoms with Gasteiger partial charge in [0.1, 0.15) is 12.3 Å². The zero-order valence-electron chi connectivity index (χ0n) is 8.53. The van der Waals surface area contributed by atoms with Gasteiger partial charge in [-0.15, -0.1) is 0 Å². The van der Waals surface area contributed by atoms with Crippen LogP contribution in [0.4, 0.5) is 0 Å². The van der Waals surface area contributed by atoms with Gasteiger partial charge in [0.15, 0.2) is 0 Å². The lowest BCUT2D eigenvalue weighted by Crippen LogP contribution is -2.00. The van der Waals surface area contributed by atoms with Crippen molar-refractivity contribution in [1.29, 1.82) is 0 Å². The van der Waals surface area contributed by atoms with Crippen LogP contribution in [-0.4, -0.2) is 17.3 Å². The van der Waals surface area contributed by atoms with Crippen molar-refractivity contribution in [1.82, 2.24) is 4.98 Å². The van der Waals surface area contributed by atoms with Crippen LogP contribution in [0.1, 0.15) is 18.3 Å². The van der Waals surface area contributed by atoms with Crippen molar-refractivity contribution in [3.8, 4) is 0 Å². The highest BCUT2D eigenvalue weighted by Gasteiger charge is 1.98. The van der Waals surface area contributed by atoms with Crippen LogP contribution in [0.15, 0.2) is 36.0 Å². The van der Waals surface area contributed by atoms with Gasteiger partial charge in [0.25, 0.3) is 0 Å². The highest BCUT2D eigenvalue weighted by atomic mass is 16.6. The molecule has 0 aliphatic rings. The fourth-order valence-corrected chi connectivity index (χ4v) is 0.978. The minimum absolute atomic E-state index is 0.420. The highest BCUT2D eigenvalue weighted by molar-refractivity contribution is 5.96. The molecular weight excluding hydrogens is 176 g/mol. The molecule has 3 heteroatoms. The second kappa shape index (κ2) is 5.17. The summed E-state index contributed by atoms with van der Waals surface area (Å²) in [6.45, 7) is 7.77. The lowest BCUT2D eigenvalue weighted by Gasteiger charge is -2.00. The van der Waals surface area contributed by atoms with Gasteiger partial charge in [-0.3, -0.25) is 4.98 Å². The van der Waals surface area contributed by atoms with Gasteiger partial charge in [-0.25, -0.2) is 0 Å². The Kier molecular flexibility index (Phi) is 3.85. The monoisotopic (exact) mass is 190 g/mol. The van der Waals surface area contributed by atoms with Crippen molar-refractivity contribution in [2.75, 3.05) is 6.61 Å². The van der Waals surface area contributed by atoms with Crippen molar-refractivity contribution in [2.45, 2.75) is 13.8 Å². The van der Waals surface area contributed by atoms with E-state index in [2.05, 4.69) is 16.7 Å². The summed E-state index contributed by atoms with van der Waals surface area (Å²) in [4.78, 5) is 9.28. The predicted octanol–water partition coefficient (Wildman–Crippen LogP) is 2.32. The third-order valence-corrected chi connectivity index (χ3v) is 1.65. The first-order valence-corrected chi connectivity index (χ1v) is 4.45. The number of rotatable bonds is 4. The summed E-state index contributed by atoms with van der Waals surface area (Å²) in [5, 5.41) is 3.91. The van der Waals surface area contributed by atoms with E-state index >= 15 is 0 Å². The first-order valence-electron chi connectivity index (χ1n) is 4.45. The Morgan fingerprint density at radius 1 is 1.64 bits per heavy atom. The van der Waals surface area contributed by atoms with E-state index in [0.717, 1.165) is 17.1 Å². The maximum absolute atomic E-state index is 4.97. The fraction of sp³-hybridized carbons (Fsp3) is 0.273. The average molecular weight is 190 g/mol. The van der Waals surface area contributed by atoms with E-state index in [0.29, 0.717) is 6.61 Å². The van der Waals surface area contributed by atoms with E-state index in [4.69, 9.17) is 4.84 Å². The summed E-state index contributed by atoms with van der Waals surface area (Å²) < 4.78 is 0. The van der Waals surface area contributed by atoms with Gasteiger partial charge < -0.3 is 4.84 Å². The molecule has 1 aromatic rings. The molecule has 0 fully saturated rings. The summed E-state index contributed by atoms with van der Waals surface area (Å²) in [7, 11) is 0. The molecule has 0 aliphatic carbocycles. The molecule has 0 saturated carbocycles. The van der Waals surface area contributed by atoms with Crippen LogP contribution in [-0.2, 0) is 4.84 Å². The van der Waals surface area contributed by atoms with E-state index in [1.807, 2.05) is 32.0 Å². The molecule has 1 rings (SSSR count). The topological polar surface area (TPSA) is 34.5 Å². The summed E-state index contributed by atoms with van der Waals surface area (Å²) in [6.07, 6.45) is 1.65. The zero-order chi connectivity index (χ0) is 10.4. The fourth-order valence-electron chi connectivity index (χ4n) is 0.978. The van der Waals surface area contributed by atoms with Crippen LogP contribution >= 0.6 is 0 Å². The molecule has 0 radical (unpaired) electrons. The number of aromatic nitrogens is 1. The smallest absolute Gasteiger partial charge is 0.135 e. The van der Waals surface area contributed by atoms with E-state index in [1.54, 1.807) is 6.08 Å². The van der Waals surface area contributed by atoms with Gasteiger partial charge >= 0.3 is 0 Å². The molecule has 0 bridgehead atoms. The third kappa shape index (κ3) is 3.01. The molecule has 0 amide bonds. The molecule has 0 aliphatic heterocycles. The van der Waals surface area contributed by atoms with Crippen LogP contribution < -0.4 is 0 Å². The molecular formula is C11H14N2O. The van der Waals surface area contributed by atoms with Crippen LogP contribution in [0.3, 0.4) is 0 Å². The van der Waals surface area contributed by atoms with Crippen molar-refractivity contribution < 1.29 is 4.84 Å². The number of pyridine rings is 1. The lowest BCUT2D eigenvalue weighted by atomic mass is 10.2. The van der Waals surface area contributed by atoms with Gasteiger partial charge in [0, 0.05) is 5.69 Å². The van der Waals surface area contributed by atoms with Crippen LogP contribution in [0.5, 0.6) is 0 Å². The molecule has 3 nitrogen and oxygen atoms in total. The van der Waals surface area contributed by atoms with E-state index in [1.165, 1.54) is 0 Å². The quantitative estimate of drug-likeness (QED) is 0.316. The van der Waals surface area contributed by atoms with E-state index < -0.39 is 0 Å². The van der Waals surface area contributed by atoms with Crippen LogP contribution in [0.25, 0.3) is 0 Å².